The van der Waals surface area contributed by atoms with E-state index in [0.717, 1.165) is 78.6 Å². The van der Waals surface area contributed by atoms with Gasteiger partial charge >= 0.3 is 0 Å². The van der Waals surface area contributed by atoms with Crippen LogP contribution >= 0.6 is 0 Å². The molecule has 4 aromatic heterocycles. The first-order valence-electron chi connectivity index (χ1n) is 13.5. The number of anilines is 1. The molecule has 1 amide bonds. The van der Waals surface area contributed by atoms with Crippen molar-refractivity contribution in [2.24, 2.45) is 0 Å². The minimum Gasteiger partial charge on any atom is -0.353 e. The number of aromatic nitrogens is 5. The standard InChI is InChI=1S/C28H36N8O/c1-18(2)25-26(21-15-36-28(29-17-30-36)20(4)19(21)3)31-22-7-8-23(32-27(22)25)34-11-13-35(14-12-34)24(37)16-33-9-5-6-10-33/h7-8,15,17-18,31H,5-6,9-14,16H2,1-4H3. The molecule has 194 valence electrons. The second-order valence-corrected chi connectivity index (χ2v) is 10.8. The van der Waals surface area contributed by atoms with E-state index >= 15 is 0 Å². The molecular weight excluding hydrogens is 464 g/mol. The van der Waals surface area contributed by atoms with Crippen LogP contribution in [0, 0.1) is 13.8 Å². The Kier molecular flexibility index (Phi) is 6.10. The Bertz CT molecular complexity index is 1450. The van der Waals surface area contributed by atoms with Gasteiger partial charge in [0.25, 0.3) is 0 Å². The second kappa shape index (κ2) is 9.45. The summed E-state index contributed by atoms with van der Waals surface area (Å²) in [5, 5.41) is 4.40. The maximum Gasteiger partial charge on any atom is 0.236 e. The van der Waals surface area contributed by atoms with Crippen LogP contribution in [0.4, 0.5) is 5.82 Å². The molecule has 0 unspecified atom stereocenters. The fourth-order valence-corrected chi connectivity index (χ4v) is 5.90. The Morgan fingerprint density at radius 3 is 2.51 bits per heavy atom. The van der Waals surface area contributed by atoms with Crippen molar-refractivity contribution in [2.45, 2.75) is 46.5 Å². The predicted molar refractivity (Wildman–Crippen MR) is 146 cm³/mol. The lowest BCUT2D eigenvalue weighted by atomic mass is 9.95. The fraction of sp³-hybridized carbons (Fsp3) is 0.500. The van der Waals surface area contributed by atoms with Crippen LogP contribution in [0.5, 0.6) is 0 Å². The number of H-pyrrole nitrogens is 1. The number of aromatic amines is 1. The second-order valence-electron chi connectivity index (χ2n) is 10.8. The molecule has 1 N–H and O–H groups in total. The highest BCUT2D eigenvalue weighted by molar-refractivity contribution is 5.90. The molecule has 9 heteroatoms. The van der Waals surface area contributed by atoms with Crippen molar-refractivity contribution in [2.75, 3.05) is 50.7 Å². The number of amides is 1. The molecular formula is C28H36N8O. The van der Waals surface area contributed by atoms with Crippen molar-refractivity contribution in [1.29, 1.82) is 0 Å². The molecule has 0 saturated carbocycles. The van der Waals surface area contributed by atoms with Crippen LogP contribution in [0.15, 0.2) is 24.7 Å². The van der Waals surface area contributed by atoms with Gasteiger partial charge in [0.1, 0.15) is 12.1 Å². The summed E-state index contributed by atoms with van der Waals surface area (Å²) in [7, 11) is 0. The van der Waals surface area contributed by atoms with Gasteiger partial charge in [-0.15, -0.1) is 0 Å². The van der Waals surface area contributed by atoms with Crippen LogP contribution in [0.25, 0.3) is 27.9 Å². The quantitative estimate of drug-likeness (QED) is 0.449. The number of nitrogens with zero attached hydrogens (tertiary/aromatic N) is 7. The Labute approximate surface area is 217 Å². The molecule has 6 rings (SSSR count). The van der Waals surface area contributed by atoms with Crippen LogP contribution in [-0.4, -0.2) is 86.1 Å². The third-order valence-electron chi connectivity index (χ3n) is 8.15. The molecule has 2 saturated heterocycles. The van der Waals surface area contributed by atoms with E-state index in [2.05, 4.69) is 70.9 Å². The monoisotopic (exact) mass is 500 g/mol. The summed E-state index contributed by atoms with van der Waals surface area (Å²) >= 11 is 0. The molecule has 9 nitrogen and oxygen atoms in total. The van der Waals surface area contributed by atoms with Crippen molar-refractivity contribution >= 4 is 28.4 Å². The summed E-state index contributed by atoms with van der Waals surface area (Å²) in [6, 6.07) is 4.25. The topological polar surface area (TPSA) is 85.7 Å². The van der Waals surface area contributed by atoms with Gasteiger partial charge in [-0.05, 0) is 69.0 Å². The lowest BCUT2D eigenvalue weighted by Crippen LogP contribution is -2.51. The molecule has 0 atom stereocenters. The van der Waals surface area contributed by atoms with Crippen LogP contribution in [0.1, 0.15) is 49.3 Å². The molecule has 2 aliphatic rings. The molecule has 6 heterocycles. The minimum absolute atomic E-state index is 0.261. The molecule has 0 spiro atoms. The molecule has 0 radical (unpaired) electrons. The van der Waals surface area contributed by atoms with Crippen molar-refractivity contribution < 1.29 is 4.79 Å². The molecule has 0 aliphatic carbocycles. The molecule has 0 aromatic carbocycles. The van der Waals surface area contributed by atoms with E-state index in [-0.39, 0.29) is 11.8 Å². The van der Waals surface area contributed by atoms with Gasteiger partial charge in [0, 0.05) is 43.5 Å². The summed E-state index contributed by atoms with van der Waals surface area (Å²) in [5.41, 5.74) is 8.73. The van der Waals surface area contributed by atoms with E-state index in [1.54, 1.807) is 6.33 Å². The van der Waals surface area contributed by atoms with Gasteiger partial charge in [0.05, 0.1) is 23.3 Å². The van der Waals surface area contributed by atoms with Crippen LogP contribution < -0.4 is 4.90 Å². The van der Waals surface area contributed by atoms with Gasteiger partial charge in [-0.2, -0.15) is 5.10 Å². The number of rotatable bonds is 5. The van der Waals surface area contributed by atoms with Crippen molar-refractivity contribution in [1.82, 2.24) is 34.4 Å². The zero-order valence-corrected chi connectivity index (χ0v) is 22.3. The van der Waals surface area contributed by atoms with Crippen LogP contribution in [0.3, 0.4) is 0 Å². The first kappa shape index (κ1) is 23.9. The number of carbonyl (C=O) groups is 1. The zero-order valence-electron chi connectivity index (χ0n) is 22.3. The predicted octanol–water partition coefficient (Wildman–Crippen LogP) is 3.76. The summed E-state index contributed by atoms with van der Waals surface area (Å²) in [5.74, 6) is 1.53. The number of piperazine rings is 1. The largest absolute Gasteiger partial charge is 0.353 e. The number of likely N-dealkylation sites (tertiary alicyclic amines) is 1. The highest BCUT2D eigenvalue weighted by Gasteiger charge is 2.26. The third kappa shape index (κ3) is 4.25. The Morgan fingerprint density at radius 2 is 1.78 bits per heavy atom. The maximum atomic E-state index is 12.8. The van der Waals surface area contributed by atoms with Gasteiger partial charge in [0.2, 0.25) is 5.91 Å². The van der Waals surface area contributed by atoms with Crippen LogP contribution in [-0.2, 0) is 4.79 Å². The van der Waals surface area contributed by atoms with E-state index in [1.807, 2.05) is 9.42 Å². The lowest BCUT2D eigenvalue weighted by Gasteiger charge is -2.36. The normalized spacial score (nSPS) is 17.1. The van der Waals surface area contributed by atoms with E-state index in [4.69, 9.17) is 4.98 Å². The average molecular weight is 501 g/mol. The van der Waals surface area contributed by atoms with E-state index in [0.29, 0.717) is 6.54 Å². The first-order valence-corrected chi connectivity index (χ1v) is 13.5. The Balaban J connectivity index is 1.28. The number of hydrogen-bond acceptors (Lipinski definition) is 6. The third-order valence-corrected chi connectivity index (χ3v) is 8.15. The number of pyridine rings is 2. The molecule has 2 aliphatic heterocycles. The lowest BCUT2D eigenvalue weighted by molar-refractivity contribution is -0.132. The fourth-order valence-electron chi connectivity index (χ4n) is 5.90. The summed E-state index contributed by atoms with van der Waals surface area (Å²) in [6.45, 7) is 14.5. The zero-order chi connectivity index (χ0) is 25.7. The Morgan fingerprint density at radius 1 is 1.03 bits per heavy atom. The number of nitrogens with one attached hydrogen (secondary N) is 1. The number of hydrogen-bond donors (Lipinski definition) is 1. The molecule has 37 heavy (non-hydrogen) atoms. The molecule has 4 aromatic rings. The van der Waals surface area contributed by atoms with Gasteiger partial charge in [-0.25, -0.2) is 14.5 Å². The van der Waals surface area contributed by atoms with Crippen LogP contribution in [0.2, 0.25) is 0 Å². The van der Waals surface area contributed by atoms with Gasteiger partial charge < -0.3 is 14.8 Å². The number of aryl methyl sites for hydroxylation is 1. The Hall–Kier alpha value is -3.46. The molecule has 0 bridgehead atoms. The smallest absolute Gasteiger partial charge is 0.236 e. The highest BCUT2D eigenvalue weighted by Crippen LogP contribution is 2.38. The van der Waals surface area contributed by atoms with Gasteiger partial charge in [0.15, 0.2) is 5.65 Å². The van der Waals surface area contributed by atoms with Crippen molar-refractivity contribution in [3.05, 3.63) is 41.3 Å². The summed E-state index contributed by atoms with van der Waals surface area (Å²) in [4.78, 5) is 32.7. The van der Waals surface area contributed by atoms with E-state index in [1.165, 1.54) is 24.0 Å². The molecule has 2 fully saturated rings. The maximum absolute atomic E-state index is 12.8. The summed E-state index contributed by atoms with van der Waals surface area (Å²) < 4.78 is 1.86. The first-order chi connectivity index (χ1) is 17.9. The van der Waals surface area contributed by atoms with E-state index < -0.39 is 0 Å². The summed E-state index contributed by atoms with van der Waals surface area (Å²) in [6.07, 6.45) is 6.10. The number of carbonyl (C=O) groups excluding carboxylic acids is 1. The van der Waals surface area contributed by atoms with E-state index in [9.17, 15) is 4.79 Å². The van der Waals surface area contributed by atoms with Gasteiger partial charge in [-0.1, -0.05) is 13.8 Å². The van der Waals surface area contributed by atoms with Crippen molar-refractivity contribution in [3.8, 4) is 11.3 Å². The minimum atomic E-state index is 0.261. The van der Waals surface area contributed by atoms with Gasteiger partial charge in [-0.3, -0.25) is 9.69 Å². The average Bonchev–Trinajstić information content (AvgIpc) is 3.65. The highest BCUT2D eigenvalue weighted by atomic mass is 16.2. The SMILES string of the molecule is Cc1c(-c2[nH]c3ccc(N4CCN(C(=O)CN5CCCC5)CC4)nc3c2C(C)C)cn2ncnc2c1C. The van der Waals surface area contributed by atoms with Crippen molar-refractivity contribution in [3.63, 3.8) is 0 Å². The number of fused-ring (bicyclic) bond motifs is 2.